The number of nitrogens with zero attached hydrogens (tertiary/aromatic N) is 2. The Hall–Kier alpha value is -0.650. The van der Waals surface area contributed by atoms with Crippen molar-refractivity contribution in [2.75, 3.05) is 6.54 Å². The van der Waals surface area contributed by atoms with Crippen molar-refractivity contribution in [1.82, 2.24) is 9.29 Å². The molecule has 100 valence electrons. The Morgan fingerprint density at radius 2 is 2.11 bits per heavy atom. The summed E-state index contributed by atoms with van der Waals surface area (Å²) in [7, 11) is -3.44. The number of aromatic nitrogens is 1. The Bertz CT molecular complexity index is 509. The van der Waals surface area contributed by atoms with E-state index >= 15 is 0 Å². The molecule has 1 fully saturated rings. The maximum atomic E-state index is 12.5. The summed E-state index contributed by atoms with van der Waals surface area (Å²) in [5, 5.41) is 0.302. The van der Waals surface area contributed by atoms with E-state index in [-0.39, 0.29) is 10.9 Å². The maximum Gasteiger partial charge on any atom is 0.244 e. The van der Waals surface area contributed by atoms with Crippen LogP contribution in [0.3, 0.4) is 0 Å². The molecule has 0 N–H and O–H groups in total. The standard InChI is InChI=1S/C12H17ClN2O2S/c1-9(2)8-15(10-3-4-10)18(16,17)11-5-6-12(13)14-7-11/h5-7,9-10H,3-4,8H2,1-2H3. The number of halogens is 1. The molecule has 2 rings (SSSR count). The van der Waals surface area contributed by atoms with Crippen molar-refractivity contribution in [3.8, 4) is 0 Å². The van der Waals surface area contributed by atoms with Gasteiger partial charge in [-0.05, 0) is 30.9 Å². The van der Waals surface area contributed by atoms with E-state index in [1.165, 1.54) is 18.3 Å². The van der Waals surface area contributed by atoms with Gasteiger partial charge >= 0.3 is 0 Å². The molecule has 1 aliphatic rings. The van der Waals surface area contributed by atoms with Gasteiger partial charge in [-0.25, -0.2) is 13.4 Å². The van der Waals surface area contributed by atoms with Crippen molar-refractivity contribution < 1.29 is 8.42 Å². The summed E-state index contributed by atoms with van der Waals surface area (Å²) in [6.45, 7) is 4.59. The first-order chi connectivity index (χ1) is 8.41. The van der Waals surface area contributed by atoms with Crippen LogP contribution >= 0.6 is 11.6 Å². The van der Waals surface area contributed by atoms with Gasteiger partial charge in [0, 0.05) is 18.8 Å². The van der Waals surface area contributed by atoms with Gasteiger partial charge in [0.2, 0.25) is 10.0 Å². The molecular weight excluding hydrogens is 272 g/mol. The highest BCUT2D eigenvalue weighted by Crippen LogP contribution is 2.32. The van der Waals surface area contributed by atoms with Crippen molar-refractivity contribution in [3.63, 3.8) is 0 Å². The minimum atomic E-state index is -3.44. The first-order valence-corrected chi connectivity index (χ1v) is 7.86. The van der Waals surface area contributed by atoms with Crippen molar-refractivity contribution in [3.05, 3.63) is 23.5 Å². The third kappa shape index (κ3) is 3.02. The summed E-state index contributed by atoms with van der Waals surface area (Å²) >= 11 is 5.68. The number of hydrogen-bond donors (Lipinski definition) is 0. The van der Waals surface area contributed by atoms with Crippen molar-refractivity contribution in [2.24, 2.45) is 5.92 Å². The molecular formula is C12H17ClN2O2S. The quantitative estimate of drug-likeness (QED) is 0.783. The summed E-state index contributed by atoms with van der Waals surface area (Å²) in [5.41, 5.74) is 0. The highest BCUT2D eigenvalue weighted by molar-refractivity contribution is 7.89. The second-order valence-corrected chi connectivity index (χ2v) is 7.29. The SMILES string of the molecule is CC(C)CN(C1CC1)S(=O)(=O)c1ccc(Cl)nc1. The van der Waals surface area contributed by atoms with Crippen molar-refractivity contribution in [2.45, 2.75) is 37.6 Å². The number of hydrogen-bond acceptors (Lipinski definition) is 3. The lowest BCUT2D eigenvalue weighted by Gasteiger charge is -2.23. The third-order valence-electron chi connectivity index (χ3n) is 2.81. The molecule has 18 heavy (non-hydrogen) atoms. The van der Waals surface area contributed by atoms with Gasteiger partial charge in [0.1, 0.15) is 10.0 Å². The van der Waals surface area contributed by atoms with E-state index < -0.39 is 10.0 Å². The van der Waals surface area contributed by atoms with E-state index in [0.29, 0.717) is 17.6 Å². The first-order valence-electron chi connectivity index (χ1n) is 6.04. The van der Waals surface area contributed by atoms with Crippen LogP contribution in [0.5, 0.6) is 0 Å². The number of pyridine rings is 1. The number of sulfonamides is 1. The van der Waals surface area contributed by atoms with Crippen LogP contribution in [0, 0.1) is 5.92 Å². The van der Waals surface area contributed by atoms with Crippen LogP contribution in [-0.2, 0) is 10.0 Å². The molecule has 0 unspecified atom stereocenters. The Morgan fingerprint density at radius 1 is 1.44 bits per heavy atom. The van der Waals surface area contributed by atoms with Crippen LogP contribution in [0.2, 0.25) is 5.15 Å². The van der Waals surface area contributed by atoms with E-state index in [4.69, 9.17) is 11.6 Å². The van der Waals surface area contributed by atoms with Crippen LogP contribution in [0.15, 0.2) is 23.2 Å². The summed E-state index contributed by atoms with van der Waals surface area (Å²) in [6.07, 6.45) is 3.23. The van der Waals surface area contributed by atoms with Gasteiger partial charge in [0.05, 0.1) is 0 Å². The highest BCUT2D eigenvalue weighted by Gasteiger charge is 2.38. The molecule has 0 aliphatic heterocycles. The molecule has 1 aromatic heterocycles. The molecule has 6 heteroatoms. The maximum absolute atomic E-state index is 12.5. The van der Waals surface area contributed by atoms with E-state index in [1.807, 2.05) is 13.8 Å². The summed E-state index contributed by atoms with van der Waals surface area (Å²) in [6, 6.07) is 3.18. The van der Waals surface area contributed by atoms with Crippen LogP contribution in [0.25, 0.3) is 0 Å². The fourth-order valence-electron chi connectivity index (χ4n) is 1.82. The topological polar surface area (TPSA) is 50.3 Å². The zero-order valence-corrected chi connectivity index (χ0v) is 12.1. The van der Waals surface area contributed by atoms with Crippen molar-refractivity contribution >= 4 is 21.6 Å². The summed E-state index contributed by atoms with van der Waals surface area (Å²) < 4.78 is 26.6. The van der Waals surface area contributed by atoms with Gasteiger partial charge in [0.15, 0.2) is 0 Å². The second kappa shape index (κ2) is 5.15. The third-order valence-corrected chi connectivity index (χ3v) is 4.93. The smallest absolute Gasteiger partial charge is 0.243 e. The Balaban J connectivity index is 2.29. The lowest BCUT2D eigenvalue weighted by Crippen LogP contribution is -2.36. The van der Waals surface area contributed by atoms with Crippen LogP contribution in [0.1, 0.15) is 26.7 Å². The second-order valence-electron chi connectivity index (χ2n) is 5.02. The van der Waals surface area contributed by atoms with E-state index in [0.717, 1.165) is 12.8 Å². The lowest BCUT2D eigenvalue weighted by molar-refractivity contribution is 0.360. The molecule has 0 atom stereocenters. The fourth-order valence-corrected chi connectivity index (χ4v) is 3.72. The van der Waals surface area contributed by atoms with Gasteiger partial charge in [0.25, 0.3) is 0 Å². The molecule has 0 bridgehead atoms. The average molecular weight is 289 g/mol. The minimum Gasteiger partial charge on any atom is -0.243 e. The Labute approximate surface area is 113 Å². The lowest BCUT2D eigenvalue weighted by atomic mass is 10.2. The van der Waals surface area contributed by atoms with E-state index in [2.05, 4.69) is 4.98 Å². The van der Waals surface area contributed by atoms with Gasteiger partial charge < -0.3 is 0 Å². The van der Waals surface area contributed by atoms with Gasteiger partial charge in [-0.2, -0.15) is 4.31 Å². The molecule has 1 aromatic rings. The van der Waals surface area contributed by atoms with Crippen LogP contribution < -0.4 is 0 Å². The predicted octanol–water partition coefficient (Wildman–Crippen LogP) is 2.54. The first kappa shape index (κ1) is 13.8. The molecule has 0 radical (unpaired) electrons. The highest BCUT2D eigenvalue weighted by atomic mass is 35.5. The van der Waals surface area contributed by atoms with Gasteiger partial charge in [-0.3, -0.25) is 0 Å². The van der Waals surface area contributed by atoms with Crippen molar-refractivity contribution in [1.29, 1.82) is 0 Å². The van der Waals surface area contributed by atoms with E-state index in [9.17, 15) is 8.42 Å². The molecule has 1 heterocycles. The normalized spacial score (nSPS) is 16.5. The van der Waals surface area contributed by atoms with E-state index in [1.54, 1.807) is 4.31 Å². The van der Waals surface area contributed by atoms with Crippen LogP contribution in [0.4, 0.5) is 0 Å². The Morgan fingerprint density at radius 3 is 2.56 bits per heavy atom. The summed E-state index contributed by atoms with van der Waals surface area (Å²) in [5.74, 6) is 0.306. The zero-order chi connectivity index (χ0) is 13.3. The van der Waals surface area contributed by atoms with Gasteiger partial charge in [-0.15, -0.1) is 0 Å². The molecule has 4 nitrogen and oxygen atoms in total. The largest absolute Gasteiger partial charge is 0.244 e. The molecule has 0 amide bonds. The Kier molecular flexibility index (Phi) is 3.94. The number of rotatable bonds is 5. The molecule has 0 aromatic carbocycles. The monoisotopic (exact) mass is 288 g/mol. The molecule has 0 spiro atoms. The molecule has 1 aliphatic carbocycles. The fraction of sp³-hybridized carbons (Fsp3) is 0.583. The van der Waals surface area contributed by atoms with Gasteiger partial charge in [-0.1, -0.05) is 25.4 Å². The molecule has 1 saturated carbocycles. The van der Waals surface area contributed by atoms with Crippen LogP contribution in [-0.4, -0.2) is 30.3 Å². The predicted molar refractivity (Wildman–Crippen MR) is 71.0 cm³/mol. The summed E-state index contributed by atoms with van der Waals surface area (Å²) in [4.78, 5) is 4.07. The zero-order valence-electron chi connectivity index (χ0n) is 10.5. The average Bonchev–Trinajstić information content (AvgIpc) is 3.10. The molecule has 0 saturated heterocycles. The minimum absolute atomic E-state index is 0.160.